The van der Waals surface area contributed by atoms with E-state index in [-0.39, 0.29) is 29.1 Å². The Hall–Kier alpha value is -1.92. The van der Waals surface area contributed by atoms with Crippen LogP contribution >= 0.6 is 11.6 Å². The fourth-order valence-electron chi connectivity index (χ4n) is 1.86. The van der Waals surface area contributed by atoms with E-state index in [9.17, 15) is 9.50 Å². The maximum Gasteiger partial charge on any atom is 0.186 e. The van der Waals surface area contributed by atoms with Crippen molar-refractivity contribution in [3.8, 4) is 17.1 Å². The summed E-state index contributed by atoms with van der Waals surface area (Å²) in [6, 6.07) is 4.43. The number of hydrogen-bond donors (Lipinski definition) is 3. The van der Waals surface area contributed by atoms with Crippen molar-refractivity contribution in [2.75, 3.05) is 11.9 Å². The number of aryl methyl sites for hydroxylation is 1. The van der Waals surface area contributed by atoms with Crippen molar-refractivity contribution in [1.82, 2.24) is 9.97 Å². The van der Waals surface area contributed by atoms with Crippen LogP contribution in [0.4, 0.5) is 10.2 Å². The molecule has 1 aromatic heterocycles. The monoisotopic (exact) mass is 354 g/mol. The molecule has 0 spiro atoms. The highest BCUT2D eigenvalue weighted by Gasteiger charge is 2.15. The van der Waals surface area contributed by atoms with E-state index in [1.807, 2.05) is 20.8 Å². The predicted molar refractivity (Wildman–Crippen MR) is 96.9 cm³/mol. The van der Waals surface area contributed by atoms with Gasteiger partial charge >= 0.3 is 0 Å². The summed E-state index contributed by atoms with van der Waals surface area (Å²) in [6.45, 7) is 7.88. The molecule has 1 atom stereocenters. The summed E-state index contributed by atoms with van der Waals surface area (Å²) < 4.78 is 14.1. The Morgan fingerprint density at radius 3 is 2.62 bits per heavy atom. The largest absolute Gasteiger partial charge is 0.507 e. The molecule has 0 aliphatic heterocycles. The SMILES string of the molecule is CC.CC[C@@H](N)CNc1nc(-c2cc(Cl)ccc2O)nc(C)c1F. The Morgan fingerprint density at radius 1 is 1.33 bits per heavy atom. The van der Waals surface area contributed by atoms with Crippen LogP contribution in [0.1, 0.15) is 32.9 Å². The number of phenolic OH excluding ortho intramolecular Hbond substituents is 1. The number of phenols is 1. The summed E-state index contributed by atoms with van der Waals surface area (Å²) in [5.74, 6) is -0.294. The second-order valence-electron chi connectivity index (χ2n) is 5.01. The van der Waals surface area contributed by atoms with Gasteiger partial charge in [-0.3, -0.25) is 0 Å². The lowest BCUT2D eigenvalue weighted by atomic mass is 10.2. The molecule has 5 nitrogen and oxygen atoms in total. The Balaban J connectivity index is 0.00000139. The van der Waals surface area contributed by atoms with E-state index in [0.717, 1.165) is 6.42 Å². The number of halogens is 2. The third-order valence-corrected chi connectivity index (χ3v) is 3.51. The van der Waals surface area contributed by atoms with Crippen LogP contribution in [0.3, 0.4) is 0 Å². The number of aromatic nitrogens is 2. The fourth-order valence-corrected chi connectivity index (χ4v) is 2.03. The molecule has 1 aromatic carbocycles. The first-order valence-electron chi connectivity index (χ1n) is 7.94. The molecule has 0 bridgehead atoms. The smallest absolute Gasteiger partial charge is 0.186 e. The summed E-state index contributed by atoms with van der Waals surface area (Å²) in [5, 5.41) is 13.2. The van der Waals surface area contributed by atoms with Gasteiger partial charge in [-0.2, -0.15) is 0 Å². The highest BCUT2D eigenvalue weighted by molar-refractivity contribution is 6.30. The van der Waals surface area contributed by atoms with Crippen LogP contribution in [-0.4, -0.2) is 27.7 Å². The lowest BCUT2D eigenvalue weighted by Crippen LogP contribution is -2.28. The van der Waals surface area contributed by atoms with Crippen molar-refractivity contribution in [3.05, 3.63) is 34.7 Å². The minimum Gasteiger partial charge on any atom is -0.507 e. The van der Waals surface area contributed by atoms with Crippen LogP contribution in [0, 0.1) is 12.7 Å². The van der Waals surface area contributed by atoms with E-state index in [2.05, 4.69) is 15.3 Å². The molecule has 0 fully saturated rings. The molecule has 4 N–H and O–H groups in total. The zero-order chi connectivity index (χ0) is 18.3. The molecular weight excluding hydrogens is 331 g/mol. The van der Waals surface area contributed by atoms with Crippen LogP contribution < -0.4 is 11.1 Å². The van der Waals surface area contributed by atoms with E-state index in [4.69, 9.17) is 17.3 Å². The molecule has 1 heterocycles. The molecular formula is C17H24ClFN4O. The van der Waals surface area contributed by atoms with Crippen LogP contribution in [0.5, 0.6) is 5.75 Å². The molecule has 132 valence electrons. The zero-order valence-corrected chi connectivity index (χ0v) is 15.2. The number of aromatic hydroxyl groups is 1. The molecule has 0 unspecified atom stereocenters. The van der Waals surface area contributed by atoms with E-state index in [1.165, 1.54) is 19.1 Å². The van der Waals surface area contributed by atoms with Gasteiger partial charge < -0.3 is 16.2 Å². The number of nitrogens with zero attached hydrogens (tertiary/aromatic N) is 2. The number of nitrogens with two attached hydrogens (primary N) is 1. The van der Waals surface area contributed by atoms with Crippen molar-refractivity contribution < 1.29 is 9.50 Å². The van der Waals surface area contributed by atoms with E-state index in [1.54, 1.807) is 6.07 Å². The second-order valence-corrected chi connectivity index (χ2v) is 5.44. The lowest BCUT2D eigenvalue weighted by Gasteiger charge is -2.13. The van der Waals surface area contributed by atoms with E-state index < -0.39 is 5.82 Å². The normalized spacial score (nSPS) is 11.5. The Morgan fingerprint density at radius 2 is 2.00 bits per heavy atom. The van der Waals surface area contributed by atoms with Gasteiger partial charge in [-0.05, 0) is 31.5 Å². The summed E-state index contributed by atoms with van der Waals surface area (Å²) in [5.41, 5.74) is 6.34. The van der Waals surface area contributed by atoms with Crippen LogP contribution in [0.15, 0.2) is 18.2 Å². The summed E-state index contributed by atoms with van der Waals surface area (Å²) >= 11 is 5.93. The van der Waals surface area contributed by atoms with E-state index >= 15 is 0 Å². The van der Waals surface area contributed by atoms with Gasteiger partial charge in [-0.1, -0.05) is 32.4 Å². The first kappa shape index (κ1) is 20.1. The van der Waals surface area contributed by atoms with Crippen LogP contribution in [-0.2, 0) is 0 Å². The first-order chi connectivity index (χ1) is 11.4. The molecule has 0 amide bonds. The molecule has 0 aliphatic rings. The fraction of sp³-hybridized carbons (Fsp3) is 0.412. The van der Waals surface area contributed by atoms with Gasteiger partial charge in [0.1, 0.15) is 5.75 Å². The first-order valence-corrected chi connectivity index (χ1v) is 8.32. The minimum absolute atomic E-state index is 0.0217. The molecule has 2 aromatic rings. The third kappa shape index (κ3) is 5.04. The second kappa shape index (κ2) is 9.39. The van der Waals surface area contributed by atoms with Gasteiger partial charge in [0.25, 0.3) is 0 Å². The molecule has 0 aliphatic carbocycles. The predicted octanol–water partition coefficient (Wildman–Crippen LogP) is 4.13. The average molecular weight is 355 g/mol. The van der Waals surface area contributed by atoms with Crippen molar-refractivity contribution >= 4 is 17.4 Å². The third-order valence-electron chi connectivity index (χ3n) is 3.27. The van der Waals surface area contributed by atoms with Gasteiger partial charge in [0.2, 0.25) is 0 Å². The van der Waals surface area contributed by atoms with Crippen molar-refractivity contribution in [3.63, 3.8) is 0 Å². The molecule has 0 saturated carbocycles. The number of benzene rings is 1. The van der Waals surface area contributed by atoms with Crippen molar-refractivity contribution in [1.29, 1.82) is 0 Å². The molecule has 7 heteroatoms. The van der Waals surface area contributed by atoms with Gasteiger partial charge in [-0.25, -0.2) is 14.4 Å². The van der Waals surface area contributed by atoms with Crippen LogP contribution in [0.25, 0.3) is 11.4 Å². The molecule has 0 saturated heterocycles. The molecule has 24 heavy (non-hydrogen) atoms. The maximum absolute atomic E-state index is 14.1. The Bertz CT molecular complexity index is 682. The van der Waals surface area contributed by atoms with Crippen molar-refractivity contribution in [2.24, 2.45) is 5.73 Å². The molecule has 2 rings (SSSR count). The minimum atomic E-state index is -0.534. The maximum atomic E-state index is 14.1. The number of anilines is 1. The number of hydrogen-bond acceptors (Lipinski definition) is 5. The Labute approximate surface area is 147 Å². The van der Waals surface area contributed by atoms with Gasteiger partial charge in [-0.15, -0.1) is 0 Å². The Kier molecular flexibility index (Phi) is 7.88. The molecule has 0 radical (unpaired) electrons. The number of rotatable bonds is 5. The number of nitrogens with one attached hydrogen (secondary N) is 1. The van der Waals surface area contributed by atoms with Gasteiger partial charge in [0.15, 0.2) is 17.5 Å². The highest BCUT2D eigenvalue weighted by atomic mass is 35.5. The summed E-state index contributed by atoms with van der Waals surface area (Å²) in [7, 11) is 0. The van der Waals surface area contributed by atoms with Gasteiger partial charge in [0.05, 0.1) is 11.3 Å². The van der Waals surface area contributed by atoms with Gasteiger partial charge in [0, 0.05) is 17.6 Å². The highest BCUT2D eigenvalue weighted by Crippen LogP contribution is 2.31. The standard InChI is InChI=1S/C15H18ClFN4O.C2H6/c1-3-10(18)7-19-15-13(17)8(2)20-14(21-15)11-6-9(16)4-5-12(11)22;1-2/h4-6,10,22H,3,7,18H2,1-2H3,(H,19,20,21);1-2H3/t10-;/m1./s1. The quantitative estimate of drug-likeness (QED) is 0.752. The zero-order valence-electron chi connectivity index (χ0n) is 14.4. The average Bonchev–Trinajstić information content (AvgIpc) is 2.59. The summed E-state index contributed by atoms with van der Waals surface area (Å²) in [6.07, 6.45) is 0.765. The van der Waals surface area contributed by atoms with E-state index in [0.29, 0.717) is 17.1 Å². The topological polar surface area (TPSA) is 84.1 Å². The van der Waals surface area contributed by atoms with Crippen molar-refractivity contribution in [2.45, 2.75) is 40.2 Å². The lowest BCUT2D eigenvalue weighted by molar-refractivity contribution is 0.476. The summed E-state index contributed by atoms with van der Waals surface area (Å²) in [4.78, 5) is 8.22. The van der Waals surface area contributed by atoms with Crippen LogP contribution in [0.2, 0.25) is 5.02 Å².